The number of urea groups is 1. The van der Waals surface area contributed by atoms with Gasteiger partial charge in [0.15, 0.2) is 0 Å². The maximum Gasteiger partial charge on any atom is 0.319 e. The van der Waals surface area contributed by atoms with Crippen LogP contribution in [0.1, 0.15) is 28.4 Å². The first-order valence-electron chi connectivity index (χ1n) is 10.2. The number of nitrogens with one attached hydrogen (secondary N) is 2. The van der Waals surface area contributed by atoms with E-state index in [0.29, 0.717) is 23.5 Å². The van der Waals surface area contributed by atoms with Gasteiger partial charge in [-0.05, 0) is 54.8 Å². The molecule has 158 valence electrons. The van der Waals surface area contributed by atoms with Gasteiger partial charge in [0.1, 0.15) is 5.75 Å². The Hall–Kier alpha value is -3.80. The lowest BCUT2D eigenvalue weighted by Gasteiger charge is -2.23. The summed E-state index contributed by atoms with van der Waals surface area (Å²) in [6.45, 7) is 2.40. The number of benzene rings is 3. The molecule has 0 unspecified atom stereocenters. The molecule has 0 bridgehead atoms. The highest BCUT2D eigenvalue weighted by Gasteiger charge is 2.31. The Labute approximate surface area is 181 Å². The van der Waals surface area contributed by atoms with E-state index in [1.165, 1.54) is 0 Å². The number of hydrogen-bond donors (Lipinski definition) is 2. The van der Waals surface area contributed by atoms with Crippen molar-refractivity contribution in [1.82, 2.24) is 5.32 Å². The van der Waals surface area contributed by atoms with Crippen LogP contribution >= 0.6 is 0 Å². The molecule has 1 atom stereocenters. The Kier molecular flexibility index (Phi) is 5.89. The van der Waals surface area contributed by atoms with Crippen LogP contribution in [-0.2, 0) is 13.0 Å². The summed E-state index contributed by atoms with van der Waals surface area (Å²) in [7, 11) is 1.56. The molecular formula is C25H25N3O3. The van der Waals surface area contributed by atoms with Gasteiger partial charge in [-0.15, -0.1) is 0 Å². The third-order valence-electron chi connectivity index (χ3n) is 5.41. The summed E-state index contributed by atoms with van der Waals surface area (Å²) in [4.78, 5) is 27.3. The molecule has 1 aliphatic rings. The summed E-state index contributed by atoms with van der Waals surface area (Å²) >= 11 is 0. The maximum atomic E-state index is 13.1. The average Bonchev–Trinajstić information content (AvgIpc) is 3.13. The van der Waals surface area contributed by atoms with Crippen LogP contribution in [0, 0.1) is 0 Å². The smallest absolute Gasteiger partial charge is 0.319 e. The third-order valence-corrected chi connectivity index (χ3v) is 5.41. The van der Waals surface area contributed by atoms with Crippen molar-refractivity contribution in [2.75, 3.05) is 17.3 Å². The maximum absolute atomic E-state index is 13.1. The number of fused-ring (bicyclic) bond motifs is 1. The number of hydrogen-bond acceptors (Lipinski definition) is 3. The molecule has 31 heavy (non-hydrogen) atoms. The lowest BCUT2D eigenvalue weighted by Crippen LogP contribution is -2.35. The van der Waals surface area contributed by atoms with Gasteiger partial charge in [-0.1, -0.05) is 42.5 Å². The zero-order valence-electron chi connectivity index (χ0n) is 17.6. The van der Waals surface area contributed by atoms with Crippen molar-refractivity contribution in [3.63, 3.8) is 0 Å². The van der Waals surface area contributed by atoms with E-state index in [4.69, 9.17) is 4.74 Å². The topological polar surface area (TPSA) is 70.7 Å². The monoisotopic (exact) mass is 415 g/mol. The highest BCUT2D eigenvalue weighted by molar-refractivity contribution is 6.07. The van der Waals surface area contributed by atoms with Crippen LogP contribution in [0.15, 0.2) is 72.8 Å². The fourth-order valence-corrected chi connectivity index (χ4v) is 3.89. The Bertz CT molecular complexity index is 1100. The van der Waals surface area contributed by atoms with Gasteiger partial charge in [-0.2, -0.15) is 0 Å². The lowest BCUT2D eigenvalue weighted by molar-refractivity contribution is 0.0981. The Balaban J connectivity index is 1.46. The number of carbonyl (C=O) groups is 2. The Morgan fingerprint density at radius 2 is 1.77 bits per heavy atom. The molecule has 4 rings (SSSR count). The predicted octanol–water partition coefficient (Wildman–Crippen LogP) is 4.61. The SMILES string of the molecule is COc1ccccc1NC(=O)NCc1ccc2c(c1)N(C(=O)c1ccccc1)[C@H](C)C2. The number of ether oxygens (including phenoxy) is 1. The van der Waals surface area contributed by atoms with E-state index in [2.05, 4.69) is 17.6 Å². The van der Waals surface area contributed by atoms with E-state index < -0.39 is 0 Å². The molecule has 0 fully saturated rings. The van der Waals surface area contributed by atoms with Crippen molar-refractivity contribution in [2.45, 2.75) is 25.9 Å². The molecule has 0 spiro atoms. The molecule has 1 heterocycles. The molecule has 2 N–H and O–H groups in total. The summed E-state index contributed by atoms with van der Waals surface area (Å²) in [6.07, 6.45) is 0.815. The number of para-hydroxylation sites is 2. The minimum Gasteiger partial charge on any atom is -0.495 e. The van der Waals surface area contributed by atoms with Crippen LogP contribution in [0.25, 0.3) is 0 Å². The molecule has 1 aliphatic heterocycles. The first-order valence-corrected chi connectivity index (χ1v) is 10.2. The van der Waals surface area contributed by atoms with Gasteiger partial charge >= 0.3 is 6.03 Å². The number of methoxy groups -OCH3 is 1. The highest BCUT2D eigenvalue weighted by Crippen LogP contribution is 2.34. The first-order chi connectivity index (χ1) is 15.1. The molecule has 0 radical (unpaired) electrons. The normalized spacial score (nSPS) is 14.6. The van der Waals surface area contributed by atoms with Crippen molar-refractivity contribution >= 4 is 23.3 Å². The molecule has 3 aromatic rings. The molecular weight excluding hydrogens is 390 g/mol. The molecule has 6 heteroatoms. The van der Waals surface area contributed by atoms with Crippen LogP contribution in [0.3, 0.4) is 0 Å². The first kappa shape index (κ1) is 20.5. The summed E-state index contributed by atoms with van der Waals surface area (Å²) < 4.78 is 5.26. The van der Waals surface area contributed by atoms with Gasteiger partial charge in [-0.25, -0.2) is 4.79 Å². The standard InChI is InChI=1S/C25H25N3O3/c1-17-14-20-13-12-18(15-22(20)28(17)24(29)19-8-4-3-5-9-19)16-26-25(30)27-21-10-6-7-11-23(21)31-2/h3-13,15,17H,14,16H2,1-2H3,(H2,26,27,30)/t17-/m1/s1. The Morgan fingerprint density at radius 1 is 1.03 bits per heavy atom. The number of amides is 3. The minimum atomic E-state index is -0.324. The van der Waals surface area contributed by atoms with Crippen LogP contribution in [0.2, 0.25) is 0 Å². The van der Waals surface area contributed by atoms with E-state index in [-0.39, 0.29) is 18.0 Å². The summed E-state index contributed by atoms with van der Waals surface area (Å²) in [5.74, 6) is 0.588. The quantitative estimate of drug-likeness (QED) is 0.639. The van der Waals surface area contributed by atoms with E-state index in [0.717, 1.165) is 23.2 Å². The van der Waals surface area contributed by atoms with Gasteiger partial charge in [0.2, 0.25) is 0 Å². The number of rotatable bonds is 5. The van der Waals surface area contributed by atoms with Crippen molar-refractivity contribution in [1.29, 1.82) is 0 Å². The van der Waals surface area contributed by atoms with Gasteiger partial charge in [0, 0.05) is 23.8 Å². The van der Waals surface area contributed by atoms with Gasteiger partial charge < -0.3 is 20.3 Å². The number of anilines is 2. The van der Waals surface area contributed by atoms with Crippen LogP contribution in [0.4, 0.5) is 16.2 Å². The fourth-order valence-electron chi connectivity index (χ4n) is 3.89. The van der Waals surface area contributed by atoms with Crippen LogP contribution < -0.4 is 20.3 Å². The average molecular weight is 415 g/mol. The Morgan fingerprint density at radius 3 is 2.55 bits per heavy atom. The zero-order valence-corrected chi connectivity index (χ0v) is 17.6. The third kappa shape index (κ3) is 4.38. The molecule has 6 nitrogen and oxygen atoms in total. The van der Waals surface area contributed by atoms with Crippen LogP contribution in [0.5, 0.6) is 5.75 Å². The molecule has 3 amide bonds. The molecule has 0 saturated heterocycles. The van der Waals surface area contributed by atoms with Crippen LogP contribution in [-0.4, -0.2) is 25.1 Å². The largest absolute Gasteiger partial charge is 0.495 e. The van der Waals surface area contributed by atoms with Crippen molar-refractivity contribution in [3.05, 3.63) is 89.5 Å². The second-order valence-electron chi connectivity index (χ2n) is 7.57. The summed E-state index contributed by atoms with van der Waals surface area (Å²) in [5.41, 5.74) is 4.24. The number of nitrogens with zero attached hydrogens (tertiary/aromatic N) is 1. The fraction of sp³-hybridized carbons (Fsp3) is 0.200. The summed E-state index contributed by atoms with van der Waals surface area (Å²) in [5, 5.41) is 5.67. The van der Waals surface area contributed by atoms with Gasteiger partial charge in [-0.3, -0.25) is 4.79 Å². The minimum absolute atomic E-state index is 0.00845. The van der Waals surface area contributed by atoms with Gasteiger partial charge in [0.25, 0.3) is 5.91 Å². The lowest BCUT2D eigenvalue weighted by atomic mass is 10.1. The van der Waals surface area contributed by atoms with Crippen molar-refractivity contribution in [2.24, 2.45) is 0 Å². The highest BCUT2D eigenvalue weighted by atomic mass is 16.5. The zero-order chi connectivity index (χ0) is 21.8. The van der Waals surface area contributed by atoms with E-state index >= 15 is 0 Å². The molecule has 0 aliphatic carbocycles. The van der Waals surface area contributed by atoms with E-state index in [1.54, 1.807) is 19.2 Å². The molecule has 0 saturated carbocycles. The molecule has 0 aromatic heterocycles. The van der Waals surface area contributed by atoms with E-state index in [1.807, 2.05) is 65.6 Å². The van der Waals surface area contributed by atoms with Gasteiger partial charge in [0.05, 0.1) is 12.8 Å². The second-order valence-corrected chi connectivity index (χ2v) is 7.57. The molecule has 3 aromatic carbocycles. The van der Waals surface area contributed by atoms with Crippen molar-refractivity contribution < 1.29 is 14.3 Å². The predicted molar refractivity (Wildman–Crippen MR) is 122 cm³/mol. The van der Waals surface area contributed by atoms with E-state index in [9.17, 15) is 9.59 Å². The second kappa shape index (κ2) is 8.92. The summed E-state index contributed by atoms with van der Waals surface area (Å²) in [6, 6.07) is 22.3. The van der Waals surface area contributed by atoms with Crippen molar-refractivity contribution in [3.8, 4) is 5.75 Å². The number of carbonyl (C=O) groups excluding carboxylic acids is 2.